The molecule has 0 aliphatic carbocycles. The standard InChI is InChI=1S/C13H13BrFN3O2S/c1-6-13(21-8(3)16-6)7(2)17-11-5-10(15)9(14)4-12(11)18(19)20/h4-5,7,17H,1-3H3. The summed E-state index contributed by atoms with van der Waals surface area (Å²) in [5, 5.41) is 15.0. The van der Waals surface area contributed by atoms with Crippen LogP contribution in [0.5, 0.6) is 0 Å². The minimum Gasteiger partial charge on any atom is -0.372 e. The number of halogens is 2. The Morgan fingerprint density at radius 3 is 2.67 bits per heavy atom. The molecule has 0 amide bonds. The molecule has 2 aromatic rings. The van der Waals surface area contributed by atoms with Gasteiger partial charge in [0.2, 0.25) is 0 Å². The summed E-state index contributed by atoms with van der Waals surface area (Å²) in [7, 11) is 0. The molecule has 0 aliphatic heterocycles. The molecule has 0 saturated heterocycles. The average Bonchev–Trinajstić information content (AvgIpc) is 2.72. The summed E-state index contributed by atoms with van der Waals surface area (Å²) in [6.07, 6.45) is 0. The Kier molecular flexibility index (Phi) is 4.58. The van der Waals surface area contributed by atoms with Gasteiger partial charge in [-0.25, -0.2) is 9.37 Å². The normalized spacial score (nSPS) is 12.2. The fraction of sp³-hybridized carbons (Fsp3) is 0.308. The highest BCUT2D eigenvalue weighted by Gasteiger charge is 2.21. The van der Waals surface area contributed by atoms with Crippen LogP contribution in [0.15, 0.2) is 16.6 Å². The Balaban J connectivity index is 2.36. The van der Waals surface area contributed by atoms with E-state index in [0.717, 1.165) is 27.7 Å². The predicted molar refractivity (Wildman–Crippen MR) is 84.4 cm³/mol. The Labute approximate surface area is 133 Å². The fourth-order valence-electron chi connectivity index (χ4n) is 2.05. The first-order chi connectivity index (χ1) is 9.79. The summed E-state index contributed by atoms with van der Waals surface area (Å²) in [4.78, 5) is 15.9. The third-order valence-corrected chi connectivity index (χ3v) is 4.80. The molecule has 8 heteroatoms. The average molecular weight is 374 g/mol. The second kappa shape index (κ2) is 6.07. The highest BCUT2D eigenvalue weighted by atomic mass is 79.9. The lowest BCUT2D eigenvalue weighted by Gasteiger charge is -2.15. The van der Waals surface area contributed by atoms with Crippen molar-refractivity contribution in [2.45, 2.75) is 26.8 Å². The molecule has 0 bridgehead atoms. The largest absolute Gasteiger partial charge is 0.372 e. The molecule has 1 N–H and O–H groups in total. The zero-order valence-corrected chi connectivity index (χ0v) is 14.0. The molecule has 112 valence electrons. The SMILES string of the molecule is Cc1nc(C)c(C(C)Nc2cc(F)c(Br)cc2[N+](=O)[O-])s1. The zero-order valence-electron chi connectivity index (χ0n) is 11.6. The second-order valence-electron chi connectivity index (χ2n) is 4.59. The van der Waals surface area contributed by atoms with E-state index in [4.69, 9.17) is 0 Å². The number of hydrogen-bond acceptors (Lipinski definition) is 5. The van der Waals surface area contributed by atoms with Crippen molar-refractivity contribution in [1.82, 2.24) is 4.98 Å². The van der Waals surface area contributed by atoms with Crippen molar-refractivity contribution in [1.29, 1.82) is 0 Å². The van der Waals surface area contributed by atoms with Crippen LogP contribution in [0.4, 0.5) is 15.8 Å². The molecule has 1 atom stereocenters. The van der Waals surface area contributed by atoms with Gasteiger partial charge in [-0.05, 0) is 36.7 Å². The van der Waals surface area contributed by atoms with E-state index in [1.54, 1.807) is 0 Å². The van der Waals surface area contributed by atoms with E-state index in [-0.39, 0.29) is 21.9 Å². The summed E-state index contributed by atoms with van der Waals surface area (Å²) < 4.78 is 13.7. The predicted octanol–water partition coefficient (Wildman–Crippen LogP) is 4.74. The van der Waals surface area contributed by atoms with Gasteiger partial charge in [0.1, 0.15) is 11.5 Å². The number of aryl methyl sites for hydroxylation is 2. The van der Waals surface area contributed by atoms with Gasteiger partial charge < -0.3 is 5.32 Å². The first-order valence-corrected chi connectivity index (χ1v) is 7.74. The highest BCUT2D eigenvalue weighted by molar-refractivity contribution is 9.10. The van der Waals surface area contributed by atoms with Crippen LogP contribution in [0.3, 0.4) is 0 Å². The van der Waals surface area contributed by atoms with Crippen LogP contribution in [0.25, 0.3) is 0 Å². The number of hydrogen-bond donors (Lipinski definition) is 1. The van der Waals surface area contributed by atoms with Gasteiger partial charge in [-0.3, -0.25) is 10.1 Å². The van der Waals surface area contributed by atoms with Crippen LogP contribution in [0, 0.1) is 29.8 Å². The lowest BCUT2D eigenvalue weighted by molar-refractivity contribution is -0.384. The number of nitrogens with zero attached hydrogens (tertiary/aromatic N) is 2. The summed E-state index contributed by atoms with van der Waals surface area (Å²) in [6.45, 7) is 5.65. The van der Waals surface area contributed by atoms with E-state index in [0.29, 0.717) is 0 Å². The van der Waals surface area contributed by atoms with Gasteiger partial charge >= 0.3 is 0 Å². The van der Waals surface area contributed by atoms with Crippen molar-refractivity contribution in [2.75, 3.05) is 5.32 Å². The molecule has 0 spiro atoms. The van der Waals surface area contributed by atoms with Crippen LogP contribution in [0.2, 0.25) is 0 Å². The van der Waals surface area contributed by atoms with Crippen molar-refractivity contribution in [3.63, 3.8) is 0 Å². The minimum atomic E-state index is -0.549. The van der Waals surface area contributed by atoms with Crippen molar-refractivity contribution >= 4 is 38.6 Å². The monoisotopic (exact) mass is 373 g/mol. The quantitative estimate of drug-likeness (QED) is 0.620. The topological polar surface area (TPSA) is 68.1 Å². The van der Waals surface area contributed by atoms with E-state index in [2.05, 4.69) is 26.2 Å². The summed E-state index contributed by atoms with van der Waals surface area (Å²) in [5.41, 5.74) is 0.852. The first-order valence-electron chi connectivity index (χ1n) is 6.13. The van der Waals surface area contributed by atoms with E-state index < -0.39 is 10.7 Å². The molecule has 0 aliphatic rings. The second-order valence-corrected chi connectivity index (χ2v) is 6.68. The highest BCUT2D eigenvalue weighted by Crippen LogP contribution is 2.34. The number of benzene rings is 1. The van der Waals surface area contributed by atoms with E-state index >= 15 is 0 Å². The van der Waals surface area contributed by atoms with Gasteiger partial charge in [-0.1, -0.05) is 0 Å². The van der Waals surface area contributed by atoms with Crippen LogP contribution in [-0.4, -0.2) is 9.91 Å². The molecule has 21 heavy (non-hydrogen) atoms. The summed E-state index contributed by atoms with van der Waals surface area (Å²) in [5.74, 6) is -0.549. The Morgan fingerprint density at radius 2 is 2.14 bits per heavy atom. The molecule has 0 radical (unpaired) electrons. The molecular weight excluding hydrogens is 361 g/mol. The molecule has 1 aromatic heterocycles. The first kappa shape index (κ1) is 15.8. The summed E-state index contributed by atoms with van der Waals surface area (Å²) >= 11 is 4.48. The Hall–Kier alpha value is -1.54. The van der Waals surface area contributed by atoms with E-state index in [9.17, 15) is 14.5 Å². The van der Waals surface area contributed by atoms with E-state index in [1.807, 2.05) is 20.8 Å². The lowest BCUT2D eigenvalue weighted by atomic mass is 10.2. The molecule has 2 rings (SSSR count). The van der Waals surface area contributed by atoms with Crippen LogP contribution in [-0.2, 0) is 0 Å². The van der Waals surface area contributed by atoms with Crippen molar-refractivity contribution in [3.8, 4) is 0 Å². The Bertz CT molecular complexity index is 705. The number of nitro benzene ring substituents is 1. The van der Waals surface area contributed by atoms with Crippen LogP contribution in [0.1, 0.15) is 28.5 Å². The van der Waals surface area contributed by atoms with Crippen molar-refractivity contribution in [3.05, 3.63) is 48.1 Å². The third-order valence-electron chi connectivity index (χ3n) is 2.94. The van der Waals surface area contributed by atoms with Crippen LogP contribution >= 0.6 is 27.3 Å². The number of thiazole rings is 1. The van der Waals surface area contributed by atoms with Gasteiger partial charge in [0.15, 0.2) is 0 Å². The van der Waals surface area contributed by atoms with Gasteiger partial charge in [-0.15, -0.1) is 11.3 Å². The smallest absolute Gasteiger partial charge is 0.293 e. The lowest BCUT2D eigenvalue weighted by Crippen LogP contribution is -2.08. The van der Waals surface area contributed by atoms with E-state index in [1.165, 1.54) is 11.3 Å². The number of aromatic nitrogens is 1. The maximum Gasteiger partial charge on any atom is 0.293 e. The summed E-state index contributed by atoms with van der Waals surface area (Å²) in [6, 6.07) is 2.09. The molecule has 1 unspecified atom stereocenters. The molecule has 1 heterocycles. The van der Waals surface area contributed by atoms with Gasteiger partial charge in [0, 0.05) is 17.0 Å². The van der Waals surface area contributed by atoms with Crippen LogP contribution < -0.4 is 5.32 Å². The fourth-order valence-corrected chi connectivity index (χ4v) is 3.31. The maximum absolute atomic E-state index is 13.6. The third kappa shape index (κ3) is 3.38. The van der Waals surface area contributed by atoms with Crippen molar-refractivity contribution < 1.29 is 9.31 Å². The molecule has 1 aromatic carbocycles. The minimum absolute atomic E-state index is 0.0669. The molecule has 0 fully saturated rings. The molecule has 0 saturated carbocycles. The number of nitro groups is 1. The van der Waals surface area contributed by atoms with Gasteiger partial charge in [0.25, 0.3) is 5.69 Å². The number of anilines is 1. The number of rotatable bonds is 4. The number of nitrogens with one attached hydrogen (secondary N) is 1. The zero-order chi connectivity index (χ0) is 15.7. The van der Waals surface area contributed by atoms with Gasteiger partial charge in [-0.2, -0.15) is 0 Å². The van der Waals surface area contributed by atoms with Gasteiger partial charge in [0.05, 0.1) is 26.1 Å². The molecule has 5 nitrogen and oxygen atoms in total. The maximum atomic E-state index is 13.6. The molecular formula is C13H13BrFN3O2S. The Morgan fingerprint density at radius 1 is 1.48 bits per heavy atom. The van der Waals surface area contributed by atoms with Crippen molar-refractivity contribution in [2.24, 2.45) is 0 Å².